The molecule has 1 fully saturated rings. The normalized spacial score (nSPS) is 24.8. The fourth-order valence-electron chi connectivity index (χ4n) is 2.71. The van der Waals surface area contributed by atoms with Gasteiger partial charge in [0, 0.05) is 5.75 Å². The Balaban J connectivity index is 1.41. The third-order valence-electron chi connectivity index (χ3n) is 3.74. The minimum Gasteiger partial charge on any atom is -0.491 e. The van der Waals surface area contributed by atoms with Gasteiger partial charge in [0.15, 0.2) is 5.17 Å². The molecule has 1 aromatic carbocycles. The molecule has 1 saturated carbocycles. The van der Waals surface area contributed by atoms with Crippen LogP contribution in [0, 0.1) is 0 Å². The molecule has 0 saturated heterocycles. The highest BCUT2D eigenvalue weighted by Crippen LogP contribution is 2.27. The minimum absolute atomic E-state index is 0.510. The van der Waals surface area contributed by atoms with Gasteiger partial charge in [-0.25, -0.2) is 0 Å². The van der Waals surface area contributed by atoms with Gasteiger partial charge >= 0.3 is 0 Å². The van der Waals surface area contributed by atoms with Crippen LogP contribution in [0.1, 0.15) is 25.7 Å². The first-order chi connectivity index (χ1) is 9.83. The number of thioether (sulfide) groups is 1. The molecule has 20 heavy (non-hydrogen) atoms. The molecule has 1 aromatic rings. The molecule has 2 atom stereocenters. The lowest BCUT2D eigenvalue weighted by molar-refractivity contribution is 0.344. The SMILES string of the molecule is Clc1ccccc1OCCSC1=NC2CCCCC2N1. The zero-order chi connectivity index (χ0) is 13.8. The van der Waals surface area contributed by atoms with Gasteiger partial charge in [0.1, 0.15) is 5.75 Å². The van der Waals surface area contributed by atoms with Crippen LogP contribution in [-0.4, -0.2) is 29.6 Å². The average molecular weight is 311 g/mol. The molecule has 1 aliphatic carbocycles. The van der Waals surface area contributed by atoms with E-state index in [4.69, 9.17) is 21.3 Å². The smallest absolute Gasteiger partial charge is 0.157 e. The number of aliphatic imine (C=N–C) groups is 1. The van der Waals surface area contributed by atoms with E-state index in [1.54, 1.807) is 11.8 Å². The van der Waals surface area contributed by atoms with E-state index in [2.05, 4.69) is 5.32 Å². The molecule has 0 spiro atoms. The van der Waals surface area contributed by atoms with E-state index < -0.39 is 0 Å². The summed E-state index contributed by atoms with van der Waals surface area (Å²) in [6.45, 7) is 0.643. The van der Waals surface area contributed by atoms with Gasteiger partial charge in [-0.3, -0.25) is 4.99 Å². The fourth-order valence-corrected chi connectivity index (χ4v) is 3.71. The summed E-state index contributed by atoms with van der Waals surface area (Å²) >= 11 is 7.79. The number of rotatable bonds is 4. The van der Waals surface area contributed by atoms with Gasteiger partial charge in [-0.15, -0.1) is 0 Å². The second-order valence-electron chi connectivity index (χ2n) is 5.16. The van der Waals surface area contributed by atoms with Crippen LogP contribution in [0.5, 0.6) is 5.75 Å². The number of hydrogen-bond acceptors (Lipinski definition) is 4. The summed E-state index contributed by atoms with van der Waals surface area (Å²) in [6, 6.07) is 8.67. The van der Waals surface area contributed by atoms with Gasteiger partial charge in [0.05, 0.1) is 23.7 Å². The molecular formula is C15H19ClN2OS. The predicted octanol–water partition coefficient (Wildman–Crippen LogP) is 3.72. The van der Waals surface area contributed by atoms with E-state index in [0.29, 0.717) is 23.7 Å². The molecule has 5 heteroatoms. The van der Waals surface area contributed by atoms with Gasteiger partial charge in [-0.05, 0) is 25.0 Å². The summed E-state index contributed by atoms with van der Waals surface area (Å²) in [5.41, 5.74) is 0. The van der Waals surface area contributed by atoms with E-state index in [9.17, 15) is 0 Å². The standard InChI is InChI=1S/C15H19ClN2OS/c16-11-5-1-4-8-14(11)19-9-10-20-15-17-12-6-2-3-7-13(12)18-15/h1,4-5,8,12-13H,2-3,6-7,9-10H2,(H,17,18). The zero-order valence-corrected chi connectivity index (χ0v) is 12.9. The van der Waals surface area contributed by atoms with Crippen molar-refractivity contribution >= 4 is 28.5 Å². The number of fused-ring (bicyclic) bond motifs is 1. The second-order valence-corrected chi connectivity index (χ2v) is 6.66. The van der Waals surface area contributed by atoms with Gasteiger partial charge in [-0.2, -0.15) is 0 Å². The molecular weight excluding hydrogens is 292 g/mol. The Hall–Kier alpha value is -0.870. The number of ether oxygens (including phenoxy) is 1. The third kappa shape index (κ3) is 3.41. The van der Waals surface area contributed by atoms with Crippen molar-refractivity contribution in [1.82, 2.24) is 5.32 Å². The second kappa shape index (κ2) is 6.72. The van der Waals surface area contributed by atoms with E-state index >= 15 is 0 Å². The minimum atomic E-state index is 0.510. The molecule has 2 unspecified atom stereocenters. The number of amidine groups is 1. The first kappa shape index (κ1) is 14.1. The highest BCUT2D eigenvalue weighted by atomic mass is 35.5. The topological polar surface area (TPSA) is 33.6 Å². The molecule has 3 nitrogen and oxygen atoms in total. The van der Waals surface area contributed by atoms with Crippen LogP contribution in [0.25, 0.3) is 0 Å². The Morgan fingerprint density at radius 3 is 3.00 bits per heavy atom. The molecule has 1 aliphatic heterocycles. The van der Waals surface area contributed by atoms with Crippen molar-refractivity contribution in [3.8, 4) is 5.75 Å². The molecule has 0 radical (unpaired) electrons. The van der Waals surface area contributed by atoms with Crippen LogP contribution < -0.4 is 10.1 Å². The summed E-state index contributed by atoms with van der Waals surface area (Å²) < 4.78 is 5.68. The molecule has 1 heterocycles. The Kier molecular flexibility index (Phi) is 4.73. The van der Waals surface area contributed by atoms with Crippen LogP contribution in [0.4, 0.5) is 0 Å². The average Bonchev–Trinajstić information content (AvgIpc) is 2.88. The molecule has 0 aromatic heterocycles. The van der Waals surface area contributed by atoms with Gasteiger partial charge < -0.3 is 10.1 Å². The summed E-state index contributed by atoms with van der Waals surface area (Å²) in [4.78, 5) is 4.76. The largest absolute Gasteiger partial charge is 0.491 e. The van der Waals surface area contributed by atoms with Crippen molar-refractivity contribution in [3.63, 3.8) is 0 Å². The van der Waals surface area contributed by atoms with Gasteiger partial charge in [0.2, 0.25) is 0 Å². The third-order valence-corrected chi connectivity index (χ3v) is 4.92. The highest BCUT2D eigenvalue weighted by molar-refractivity contribution is 8.13. The molecule has 108 valence electrons. The lowest BCUT2D eigenvalue weighted by atomic mass is 9.92. The fraction of sp³-hybridized carbons (Fsp3) is 0.533. The van der Waals surface area contributed by atoms with E-state index in [1.807, 2.05) is 24.3 Å². The van der Waals surface area contributed by atoms with Crippen molar-refractivity contribution in [1.29, 1.82) is 0 Å². The van der Waals surface area contributed by atoms with E-state index in [-0.39, 0.29) is 0 Å². The van der Waals surface area contributed by atoms with Crippen molar-refractivity contribution in [2.45, 2.75) is 37.8 Å². The molecule has 1 N–H and O–H groups in total. The molecule has 0 bridgehead atoms. The van der Waals surface area contributed by atoms with E-state index in [0.717, 1.165) is 16.7 Å². The van der Waals surface area contributed by atoms with Crippen molar-refractivity contribution in [2.75, 3.05) is 12.4 Å². The molecule has 3 rings (SSSR count). The van der Waals surface area contributed by atoms with Gasteiger partial charge in [0.25, 0.3) is 0 Å². The number of benzene rings is 1. The maximum atomic E-state index is 6.05. The van der Waals surface area contributed by atoms with Crippen molar-refractivity contribution in [2.24, 2.45) is 4.99 Å². The first-order valence-electron chi connectivity index (χ1n) is 7.17. The maximum Gasteiger partial charge on any atom is 0.157 e. The number of halogens is 1. The Labute approximate surface area is 129 Å². The van der Waals surface area contributed by atoms with Gasteiger partial charge in [-0.1, -0.05) is 48.3 Å². The Bertz CT molecular complexity index is 495. The lowest BCUT2D eigenvalue weighted by Gasteiger charge is -2.23. The lowest BCUT2D eigenvalue weighted by Crippen LogP contribution is -2.36. The number of nitrogens with zero attached hydrogens (tertiary/aromatic N) is 1. The molecule has 0 amide bonds. The number of hydrogen-bond donors (Lipinski definition) is 1. The highest BCUT2D eigenvalue weighted by Gasteiger charge is 2.30. The summed E-state index contributed by atoms with van der Waals surface area (Å²) in [5, 5.41) is 5.29. The number of nitrogens with one attached hydrogen (secondary N) is 1. The van der Waals surface area contributed by atoms with Crippen LogP contribution in [0.3, 0.4) is 0 Å². The monoisotopic (exact) mass is 310 g/mol. The first-order valence-corrected chi connectivity index (χ1v) is 8.54. The Morgan fingerprint density at radius 2 is 2.15 bits per heavy atom. The molecule has 2 aliphatic rings. The van der Waals surface area contributed by atoms with Crippen molar-refractivity contribution < 1.29 is 4.74 Å². The van der Waals surface area contributed by atoms with Crippen LogP contribution in [0.2, 0.25) is 5.02 Å². The van der Waals surface area contributed by atoms with Crippen LogP contribution in [-0.2, 0) is 0 Å². The van der Waals surface area contributed by atoms with Crippen molar-refractivity contribution in [3.05, 3.63) is 29.3 Å². The van der Waals surface area contributed by atoms with Crippen LogP contribution >= 0.6 is 23.4 Å². The van der Waals surface area contributed by atoms with E-state index in [1.165, 1.54) is 25.7 Å². The quantitative estimate of drug-likeness (QED) is 0.861. The number of para-hydroxylation sites is 1. The Morgan fingerprint density at radius 1 is 1.30 bits per heavy atom. The summed E-state index contributed by atoms with van der Waals surface area (Å²) in [5.74, 6) is 1.64. The predicted molar refractivity (Wildman–Crippen MR) is 86.0 cm³/mol. The zero-order valence-electron chi connectivity index (χ0n) is 11.3. The maximum absolute atomic E-state index is 6.05. The summed E-state index contributed by atoms with van der Waals surface area (Å²) in [7, 11) is 0. The summed E-state index contributed by atoms with van der Waals surface area (Å²) in [6.07, 6.45) is 5.14. The van der Waals surface area contributed by atoms with Crippen LogP contribution in [0.15, 0.2) is 29.3 Å².